The standard InChI is InChI=1S/C23H22N4O5/c28-20-23(21(29)26(22(30)24-20)12-10-15-5-2-1-3-6-15)14-16-13-17(27(31)32)8-9-18(16)25-11-4-7-19(23)25/h1-3,5-6,8-9,13,19H,4,7,10-12,14H2,(H,24,28,30)/t19-,23+/m1/s1. The number of carbonyl (C=O) groups excluding carboxylic acids is 3. The van der Waals surface area contributed by atoms with Gasteiger partial charge in [-0.25, -0.2) is 4.79 Å². The summed E-state index contributed by atoms with van der Waals surface area (Å²) >= 11 is 0. The van der Waals surface area contributed by atoms with Crippen LogP contribution in [0, 0.1) is 15.5 Å². The number of urea groups is 1. The lowest BCUT2D eigenvalue weighted by atomic mass is 9.68. The molecule has 2 fully saturated rings. The molecule has 0 aliphatic carbocycles. The SMILES string of the molecule is O=C1NC(=O)[C@@]2(Cc3cc([N+](=O)[O-])ccc3N3CCC[C@@H]32)C(=O)N1CCc1ccccc1. The predicted octanol–water partition coefficient (Wildman–Crippen LogP) is 2.43. The van der Waals surface area contributed by atoms with Crippen molar-refractivity contribution in [1.82, 2.24) is 10.2 Å². The normalized spacial score (nSPS) is 24.4. The van der Waals surface area contributed by atoms with Gasteiger partial charge in [0.25, 0.3) is 5.69 Å². The van der Waals surface area contributed by atoms with Gasteiger partial charge in [-0.05, 0) is 36.5 Å². The molecule has 9 nitrogen and oxygen atoms in total. The van der Waals surface area contributed by atoms with E-state index in [1.165, 1.54) is 12.1 Å². The molecular weight excluding hydrogens is 412 g/mol. The summed E-state index contributed by atoms with van der Waals surface area (Å²) < 4.78 is 0. The molecule has 0 aromatic heterocycles. The smallest absolute Gasteiger partial charge is 0.330 e. The topological polar surface area (TPSA) is 113 Å². The van der Waals surface area contributed by atoms with E-state index in [2.05, 4.69) is 5.32 Å². The lowest BCUT2D eigenvalue weighted by Crippen LogP contribution is -2.71. The Morgan fingerprint density at radius 2 is 1.91 bits per heavy atom. The minimum Gasteiger partial charge on any atom is -0.367 e. The Morgan fingerprint density at radius 3 is 2.66 bits per heavy atom. The van der Waals surface area contributed by atoms with Crippen molar-refractivity contribution >= 4 is 29.2 Å². The van der Waals surface area contributed by atoms with Crippen LogP contribution in [-0.4, -0.2) is 46.8 Å². The number of amides is 4. The van der Waals surface area contributed by atoms with Crippen molar-refractivity contribution < 1.29 is 19.3 Å². The third kappa shape index (κ3) is 2.96. The Morgan fingerprint density at radius 1 is 1.12 bits per heavy atom. The first-order chi connectivity index (χ1) is 15.4. The summed E-state index contributed by atoms with van der Waals surface area (Å²) in [5.74, 6) is -1.13. The van der Waals surface area contributed by atoms with Gasteiger partial charge in [0.1, 0.15) is 0 Å². The molecule has 3 aliphatic rings. The van der Waals surface area contributed by atoms with Gasteiger partial charge in [0, 0.05) is 37.3 Å². The Hall–Kier alpha value is -3.75. The molecular formula is C23H22N4O5. The molecule has 0 radical (unpaired) electrons. The molecule has 0 unspecified atom stereocenters. The number of hydrogen-bond acceptors (Lipinski definition) is 6. The lowest BCUT2D eigenvalue weighted by molar-refractivity contribution is -0.384. The summed E-state index contributed by atoms with van der Waals surface area (Å²) in [6, 6.07) is 13.0. The van der Waals surface area contributed by atoms with E-state index in [4.69, 9.17) is 0 Å². The maximum Gasteiger partial charge on any atom is 0.330 e. The summed E-state index contributed by atoms with van der Waals surface area (Å²) in [7, 11) is 0. The Bertz CT molecular complexity index is 1130. The van der Waals surface area contributed by atoms with Crippen molar-refractivity contribution in [3.63, 3.8) is 0 Å². The van der Waals surface area contributed by atoms with Crippen LogP contribution in [-0.2, 0) is 22.4 Å². The second-order valence-electron chi connectivity index (χ2n) is 8.52. The van der Waals surface area contributed by atoms with Gasteiger partial charge >= 0.3 is 6.03 Å². The van der Waals surface area contributed by atoms with Gasteiger partial charge in [0.15, 0.2) is 5.41 Å². The van der Waals surface area contributed by atoms with Gasteiger partial charge in [-0.3, -0.25) is 29.9 Å². The van der Waals surface area contributed by atoms with Crippen LogP contribution >= 0.6 is 0 Å². The maximum absolute atomic E-state index is 13.8. The summed E-state index contributed by atoms with van der Waals surface area (Å²) in [6.45, 7) is 0.800. The zero-order chi connectivity index (χ0) is 22.5. The summed E-state index contributed by atoms with van der Waals surface area (Å²) in [5, 5.41) is 13.7. The molecule has 9 heteroatoms. The highest BCUT2D eigenvalue weighted by atomic mass is 16.6. The fourth-order valence-electron chi connectivity index (χ4n) is 5.34. The molecule has 1 N–H and O–H groups in total. The van der Waals surface area contributed by atoms with E-state index in [9.17, 15) is 24.5 Å². The zero-order valence-corrected chi connectivity index (χ0v) is 17.3. The molecule has 3 aliphatic heterocycles. The van der Waals surface area contributed by atoms with Crippen molar-refractivity contribution in [2.75, 3.05) is 18.0 Å². The number of nitro groups is 1. The van der Waals surface area contributed by atoms with E-state index in [1.54, 1.807) is 6.07 Å². The molecule has 0 bridgehead atoms. The number of imide groups is 2. The molecule has 32 heavy (non-hydrogen) atoms. The molecule has 1 spiro atoms. The minimum absolute atomic E-state index is 0.0327. The predicted molar refractivity (Wildman–Crippen MR) is 115 cm³/mol. The van der Waals surface area contributed by atoms with Gasteiger partial charge in [-0.1, -0.05) is 30.3 Å². The van der Waals surface area contributed by atoms with E-state index in [-0.39, 0.29) is 18.7 Å². The van der Waals surface area contributed by atoms with Gasteiger partial charge in [0.05, 0.1) is 11.0 Å². The lowest BCUT2D eigenvalue weighted by Gasteiger charge is -2.49. The molecule has 2 aromatic rings. The number of carbonyl (C=O) groups is 3. The molecule has 0 saturated carbocycles. The molecule has 5 rings (SSSR count). The third-order valence-electron chi connectivity index (χ3n) is 6.84. The van der Waals surface area contributed by atoms with E-state index < -0.39 is 34.2 Å². The highest BCUT2D eigenvalue weighted by molar-refractivity contribution is 6.20. The molecule has 2 aromatic carbocycles. The van der Waals surface area contributed by atoms with Crippen molar-refractivity contribution in [2.24, 2.45) is 5.41 Å². The monoisotopic (exact) mass is 434 g/mol. The molecule has 2 saturated heterocycles. The van der Waals surface area contributed by atoms with Crippen molar-refractivity contribution in [1.29, 1.82) is 0 Å². The van der Waals surface area contributed by atoms with Crippen LogP contribution in [0.2, 0.25) is 0 Å². The maximum atomic E-state index is 13.8. The largest absolute Gasteiger partial charge is 0.367 e. The average molecular weight is 434 g/mol. The first kappa shape index (κ1) is 20.2. The van der Waals surface area contributed by atoms with E-state index >= 15 is 0 Å². The van der Waals surface area contributed by atoms with Gasteiger partial charge < -0.3 is 4.90 Å². The number of rotatable bonds is 4. The summed E-state index contributed by atoms with van der Waals surface area (Å²) in [5.41, 5.74) is 0.808. The average Bonchev–Trinajstić information content (AvgIpc) is 3.28. The second-order valence-corrected chi connectivity index (χ2v) is 8.52. The number of fused-ring (bicyclic) bond motifs is 4. The highest BCUT2D eigenvalue weighted by Gasteiger charge is 2.62. The number of anilines is 1. The molecule has 164 valence electrons. The number of nitrogens with zero attached hydrogens (tertiary/aromatic N) is 3. The number of barbiturate groups is 1. The zero-order valence-electron chi connectivity index (χ0n) is 17.3. The Labute approximate surface area is 184 Å². The number of nitro benzene ring substituents is 1. The molecule has 3 heterocycles. The number of nitrogens with one attached hydrogen (secondary N) is 1. The van der Waals surface area contributed by atoms with Crippen LogP contribution in [0.15, 0.2) is 48.5 Å². The van der Waals surface area contributed by atoms with Crippen LogP contribution in [0.1, 0.15) is 24.0 Å². The number of hydrogen-bond donors (Lipinski definition) is 1. The molecule has 2 atom stereocenters. The van der Waals surface area contributed by atoms with Crippen LogP contribution in [0.4, 0.5) is 16.2 Å². The van der Waals surface area contributed by atoms with Crippen molar-refractivity contribution in [3.05, 3.63) is 69.8 Å². The van der Waals surface area contributed by atoms with Crippen molar-refractivity contribution in [3.8, 4) is 0 Å². The minimum atomic E-state index is -1.48. The van der Waals surface area contributed by atoms with Gasteiger partial charge in [0.2, 0.25) is 11.8 Å². The Kier molecular flexibility index (Phi) is 4.69. The fraction of sp³-hybridized carbons (Fsp3) is 0.348. The number of benzene rings is 2. The van der Waals surface area contributed by atoms with E-state index in [0.717, 1.165) is 22.6 Å². The third-order valence-corrected chi connectivity index (χ3v) is 6.84. The summed E-state index contributed by atoms with van der Waals surface area (Å²) in [4.78, 5) is 53.6. The fourth-order valence-corrected chi connectivity index (χ4v) is 5.34. The van der Waals surface area contributed by atoms with Crippen LogP contribution in [0.5, 0.6) is 0 Å². The van der Waals surface area contributed by atoms with Crippen LogP contribution in [0.25, 0.3) is 0 Å². The summed E-state index contributed by atoms with van der Waals surface area (Å²) in [6.07, 6.45) is 1.93. The Balaban J connectivity index is 1.53. The van der Waals surface area contributed by atoms with Gasteiger partial charge in [-0.15, -0.1) is 0 Å². The molecule has 4 amide bonds. The van der Waals surface area contributed by atoms with E-state index in [0.29, 0.717) is 24.9 Å². The first-order valence-corrected chi connectivity index (χ1v) is 10.7. The first-order valence-electron chi connectivity index (χ1n) is 10.7. The van der Waals surface area contributed by atoms with Crippen LogP contribution in [0.3, 0.4) is 0 Å². The van der Waals surface area contributed by atoms with Gasteiger partial charge in [-0.2, -0.15) is 0 Å². The highest BCUT2D eigenvalue weighted by Crippen LogP contribution is 2.48. The van der Waals surface area contributed by atoms with E-state index in [1.807, 2.05) is 35.2 Å². The van der Waals surface area contributed by atoms with Crippen molar-refractivity contribution in [2.45, 2.75) is 31.7 Å². The number of non-ortho nitro benzene ring substituents is 1. The van der Waals surface area contributed by atoms with Crippen LogP contribution < -0.4 is 10.2 Å². The quantitative estimate of drug-likeness (QED) is 0.449. The second kappa shape index (κ2) is 7.44.